The number of fused-ring (bicyclic) bond motifs is 1. The third-order valence-corrected chi connectivity index (χ3v) is 7.00. The number of nitrogens with one attached hydrogen (secondary N) is 1. The standard InChI is InChI=1S/C15H23NO2Si/c1-15(2,3)16-19(17-4,18-5)14-11-10-12-8-6-7-9-13(12)14/h6-11,14,16H,1-5H3. The third kappa shape index (κ3) is 2.82. The van der Waals surface area contributed by atoms with E-state index >= 15 is 0 Å². The Bertz CT molecular complexity index is 475. The van der Waals surface area contributed by atoms with Crippen molar-refractivity contribution in [3.05, 3.63) is 41.5 Å². The Morgan fingerprint density at radius 1 is 1.11 bits per heavy atom. The van der Waals surface area contributed by atoms with Crippen LogP contribution >= 0.6 is 0 Å². The van der Waals surface area contributed by atoms with Crippen molar-refractivity contribution in [3.63, 3.8) is 0 Å². The van der Waals surface area contributed by atoms with E-state index < -0.39 is 8.72 Å². The molecule has 0 aliphatic heterocycles. The highest BCUT2D eigenvalue weighted by atomic mass is 28.4. The molecular formula is C15H23NO2Si. The molecule has 1 aromatic carbocycles. The molecule has 1 aliphatic carbocycles. The predicted molar refractivity (Wildman–Crippen MR) is 80.9 cm³/mol. The Balaban J connectivity index is 2.39. The average molecular weight is 277 g/mol. The van der Waals surface area contributed by atoms with Gasteiger partial charge >= 0.3 is 8.72 Å². The summed E-state index contributed by atoms with van der Waals surface area (Å²) in [7, 11) is 0.945. The zero-order valence-electron chi connectivity index (χ0n) is 12.4. The molecular weight excluding hydrogens is 254 g/mol. The molecule has 1 unspecified atom stereocenters. The van der Waals surface area contributed by atoms with Crippen molar-refractivity contribution in [2.24, 2.45) is 0 Å². The maximum atomic E-state index is 5.86. The van der Waals surface area contributed by atoms with Gasteiger partial charge in [-0.3, -0.25) is 4.98 Å². The van der Waals surface area contributed by atoms with E-state index in [1.54, 1.807) is 14.2 Å². The lowest BCUT2D eigenvalue weighted by atomic mass is 10.1. The van der Waals surface area contributed by atoms with Crippen LogP contribution in [0.5, 0.6) is 0 Å². The Kier molecular flexibility index (Phi) is 3.97. The summed E-state index contributed by atoms with van der Waals surface area (Å²) in [6, 6.07) is 8.42. The summed E-state index contributed by atoms with van der Waals surface area (Å²) in [4.78, 5) is 3.60. The molecule has 1 N–H and O–H groups in total. The lowest BCUT2D eigenvalue weighted by molar-refractivity contribution is 0.206. The summed E-state index contributed by atoms with van der Waals surface area (Å²) in [6.45, 7) is 6.41. The SMILES string of the molecule is CO[Si](NC(C)(C)C)(OC)C1C=Cc2ccccc21. The van der Waals surface area contributed by atoms with Crippen molar-refractivity contribution < 1.29 is 8.85 Å². The van der Waals surface area contributed by atoms with E-state index in [1.807, 2.05) is 0 Å². The van der Waals surface area contributed by atoms with E-state index in [0.717, 1.165) is 0 Å². The van der Waals surface area contributed by atoms with Gasteiger partial charge < -0.3 is 8.85 Å². The van der Waals surface area contributed by atoms with Crippen molar-refractivity contribution >= 4 is 14.8 Å². The summed E-state index contributed by atoms with van der Waals surface area (Å²) >= 11 is 0. The van der Waals surface area contributed by atoms with Gasteiger partial charge in [-0.1, -0.05) is 36.4 Å². The highest BCUT2D eigenvalue weighted by Gasteiger charge is 2.49. The Morgan fingerprint density at radius 2 is 1.74 bits per heavy atom. The van der Waals surface area contributed by atoms with Gasteiger partial charge in [-0.2, -0.15) is 0 Å². The van der Waals surface area contributed by atoms with E-state index in [4.69, 9.17) is 8.85 Å². The minimum Gasteiger partial charge on any atom is -0.386 e. The molecule has 3 nitrogen and oxygen atoms in total. The van der Waals surface area contributed by atoms with Crippen LogP contribution in [0.2, 0.25) is 0 Å². The number of benzene rings is 1. The Labute approximate surface area is 117 Å². The molecule has 1 aromatic rings. The van der Waals surface area contributed by atoms with Crippen molar-refractivity contribution in [1.82, 2.24) is 4.98 Å². The molecule has 1 atom stereocenters. The summed E-state index contributed by atoms with van der Waals surface area (Å²) in [5.41, 5.74) is 2.67. The van der Waals surface area contributed by atoms with Gasteiger partial charge in [-0.25, -0.2) is 0 Å². The quantitative estimate of drug-likeness (QED) is 0.858. The first-order chi connectivity index (χ1) is 8.92. The molecule has 0 saturated carbocycles. The van der Waals surface area contributed by atoms with Crippen LogP contribution in [0.25, 0.3) is 6.08 Å². The van der Waals surface area contributed by atoms with Gasteiger partial charge in [-0.05, 0) is 31.9 Å². The first kappa shape index (κ1) is 14.5. The van der Waals surface area contributed by atoms with Crippen molar-refractivity contribution in [2.45, 2.75) is 31.9 Å². The molecule has 19 heavy (non-hydrogen) atoms. The summed E-state index contributed by atoms with van der Waals surface area (Å²) in [5.74, 6) is 0. The second-order valence-corrected chi connectivity index (χ2v) is 8.94. The largest absolute Gasteiger partial charge is 0.436 e. The second kappa shape index (κ2) is 5.21. The average Bonchev–Trinajstić information content (AvgIpc) is 2.79. The molecule has 0 fully saturated rings. The zero-order chi connectivity index (χ0) is 14.1. The van der Waals surface area contributed by atoms with Crippen LogP contribution in [-0.2, 0) is 8.85 Å². The van der Waals surface area contributed by atoms with Crippen LogP contribution in [-0.4, -0.2) is 28.5 Å². The lowest BCUT2D eigenvalue weighted by Gasteiger charge is -2.38. The highest BCUT2D eigenvalue weighted by molar-refractivity contribution is 6.67. The second-order valence-electron chi connectivity index (χ2n) is 5.92. The van der Waals surface area contributed by atoms with Gasteiger partial charge in [0.1, 0.15) is 0 Å². The highest BCUT2D eigenvalue weighted by Crippen LogP contribution is 2.36. The number of allylic oxidation sites excluding steroid dienone is 1. The molecule has 0 aromatic heterocycles. The van der Waals surface area contributed by atoms with Gasteiger partial charge in [0, 0.05) is 19.8 Å². The maximum Gasteiger partial charge on any atom is 0.436 e. The molecule has 1 aliphatic rings. The van der Waals surface area contributed by atoms with Crippen LogP contribution < -0.4 is 4.98 Å². The van der Waals surface area contributed by atoms with Gasteiger partial charge in [0.15, 0.2) is 0 Å². The summed E-state index contributed by atoms with van der Waals surface area (Å²) in [6.07, 6.45) is 4.35. The fraction of sp³-hybridized carbons (Fsp3) is 0.467. The Hall–Kier alpha value is -0.943. The first-order valence-corrected chi connectivity index (χ1v) is 8.48. The number of rotatable bonds is 4. The molecule has 2 rings (SSSR count). The van der Waals surface area contributed by atoms with Gasteiger partial charge in [0.2, 0.25) is 0 Å². The smallest absolute Gasteiger partial charge is 0.386 e. The predicted octanol–water partition coefficient (Wildman–Crippen LogP) is 2.96. The maximum absolute atomic E-state index is 5.86. The summed E-state index contributed by atoms with van der Waals surface area (Å²) in [5, 5.41) is 0. The van der Waals surface area contributed by atoms with Crippen molar-refractivity contribution in [3.8, 4) is 0 Å². The lowest BCUT2D eigenvalue weighted by Crippen LogP contribution is -2.64. The topological polar surface area (TPSA) is 30.5 Å². The van der Waals surface area contributed by atoms with E-state index in [0.29, 0.717) is 0 Å². The fourth-order valence-corrected chi connectivity index (χ4v) is 5.72. The minimum atomic E-state index is -2.53. The van der Waals surface area contributed by atoms with E-state index in [-0.39, 0.29) is 11.1 Å². The molecule has 0 bridgehead atoms. The fourth-order valence-electron chi connectivity index (χ4n) is 2.62. The van der Waals surface area contributed by atoms with Gasteiger partial charge in [0.05, 0.1) is 5.54 Å². The third-order valence-electron chi connectivity index (χ3n) is 3.36. The van der Waals surface area contributed by atoms with Crippen LogP contribution in [0.15, 0.2) is 30.3 Å². The summed E-state index contributed by atoms with van der Waals surface area (Å²) < 4.78 is 11.7. The van der Waals surface area contributed by atoms with E-state index in [2.05, 4.69) is 62.2 Å². The normalized spacial score (nSPS) is 18.7. The van der Waals surface area contributed by atoms with E-state index in [1.165, 1.54) is 11.1 Å². The molecule has 0 amide bonds. The number of hydrogen-bond donors (Lipinski definition) is 1. The van der Waals surface area contributed by atoms with Crippen molar-refractivity contribution in [2.75, 3.05) is 14.2 Å². The Morgan fingerprint density at radius 3 is 2.32 bits per heavy atom. The molecule has 0 heterocycles. The zero-order valence-corrected chi connectivity index (χ0v) is 13.4. The minimum absolute atomic E-state index is 0.0520. The monoisotopic (exact) mass is 277 g/mol. The molecule has 4 heteroatoms. The molecule has 0 spiro atoms. The first-order valence-electron chi connectivity index (χ1n) is 6.58. The van der Waals surface area contributed by atoms with Crippen LogP contribution in [0.1, 0.15) is 37.4 Å². The van der Waals surface area contributed by atoms with Gasteiger partial charge in [-0.15, -0.1) is 0 Å². The molecule has 104 valence electrons. The van der Waals surface area contributed by atoms with Crippen LogP contribution in [0.3, 0.4) is 0 Å². The number of hydrogen-bond acceptors (Lipinski definition) is 3. The van der Waals surface area contributed by atoms with Crippen LogP contribution in [0, 0.1) is 0 Å². The van der Waals surface area contributed by atoms with Gasteiger partial charge in [0.25, 0.3) is 0 Å². The van der Waals surface area contributed by atoms with Crippen molar-refractivity contribution in [1.29, 1.82) is 0 Å². The molecule has 0 radical (unpaired) electrons. The van der Waals surface area contributed by atoms with Crippen LogP contribution in [0.4, 0.5) is 0 Å². The van der Waals surface area contributed by atoms with E-state index in [9.17, 15) is 0 Å². The molecule has 0 saturated heterocycles.